The molecule has 0 amide bonds. The molecule has 0 spiro atoms. The number of likely N-dealkylation sites (N-methyl/N-ethyl adjacent to an activating group) is 1. The highest BCUT2D eigenvalue weighted by Gasteiger charge is 2.41. The number of ether oxygens (including phenoxy) is 1. The number of rotatable bonds is 5. The highest BCUT2D eigenvalue weighted by atomic mass is 16.6. The van der Waals surface area contributed by atoms with Crippen molar-refractivity contribution in [3.63, 3.8) is 0 Å². The predicted octanol–water partition coefficient (Wildman–Crippen LogP) is 1.90. The van der Waals surface area contributed by atoms with E-state index in [2.05, 4.69) is 5.32 Å². The Morgan fingerprint density at radius 2 is 2.24 bits per heavy atom. The van der Waals surface area contributed by atoms with Gasteiger partial charge in [0.25, 0.3) is 5.69 Å². The van der Waals surface area contributed by atoms with Crippen molar-refractivity contribution in [3.8, 4) is 5.75 Å². The minimum Gasteiger partial charge on any atom is -0.496 e. The molecule has 1 aromatic rings. The van der Waals surface area contributed by atoms with Crippen LogP contribution in [-0.4, -0.2) is 24.6 Å². The Hall–Kier alpha value is -1.62. The molecular formula is C12H16N2O3. The number of hydrogen-bond donors (Lipinski definition) is 1. The van der Waals surface area contributed by atoms with E-state index in [1.54, 1.807) is 19.2 Å². The lowest BCUT2D eigenvalue weighted by Crippen LogP contribution is -2.29. The van der Waals surface area contributed by atoms with Gasteiger partial charge in [0.1, 0.15) is 5.75 Å². The van der Waals surface area contributed by atoms with Gasteiger partial charge in [0.2, 0.25) is 0 Å². The molecule has 17 heavy (non-hydrogen) atoms. The molecule has 0 heterocycles. The second-order valence-corrected chi connectivity index (χ2v) is 4.46. The van der Waals surface area contributed by atoms with Crippen LogP contribution in [0.3, 0.4) is 0 Å². The fraction of sp³-hybridized carbons (Fsp3) is 0.500. The summed E-state index contributed by atoms with van der Waals surface area (Å²) < 4.78 is 5.25. The average molecular weight is 236 g/mol. The SMILES string of the molecule is CNC1(Cc2cc([N+](=O)[O-])ccc2OC)CC1. The fourth-order valence-corrected chi connectivity index (χ4v) is 2.05. The standard InChI is InChI=1S/C12H16N2O3/c1-13-12(5-6-12)8-9-7-10(14(15)16)3-4-11(9)17-2/h3-4,7,13H,5-6,8H2,1-2H3. The molecule has 0 atom stereocenters. The molecule has 1 saturated carbocycles. The lowest BCUT2D eigenvalue weighted by molar-refractivity contribution is -0.384. The Morgan fingerprint density at radius 1 is 1.53 bits per heavy atom. The monoisotopic (exact) mass is 236 g/mol. The van der Waals surface area contributed by atoms with Crippen LogP contribution in [0, 0.1) is 10.1 Å². The summed E-state index contributed by atoms with van der Waals surface area (Å²) in [4.78, 5) is 10.4. The first-order valence-corrected chi connectivity index (χ1v) is 5.60. The van der Waals surface area contributed by atoms with Crippen LogP contribution in [0.2, 0.25) is 0 Å². The number of nitro benzene ring substituents is 1. The van der Waals surface area contributed by atoms with Crippen molar-refractivity contribution in [3.05, 3.63) is 33.9 Å². The molecule has 1 fully saturated rings. The Morgan fingerprint density at radius 3 is 2.71 bits per heavy atom. The van der Waals surface area contributed by atoms with Gasteiger partial charge < -0.3 is 10.1 Å². The van der Waals surface area contributed by atoms with E-state index >= 15 is 0 Å². The van der Waals surface area contributed by atoms with Crippen LogP contribution in [0.4, 0.5) is 5.69 Å². The molecule has 0 unspecified atom stereocenters. The second kappa shape index (κ2) is 4.33. The number of nitrogens with zero attached hydrogens (tertiary/aromatic N) is 1. The van der Waals surface area contributed by atoms with Gasteiger partial charge in [0, 0.05) is 23.2 Å². The molecule has 5 nitrogen and oxygen atoms in total. The molecule has 0 aliphatic heterocycles. The van der Waals surface area contributed by atoms with Gasteiger partial charge in [-0.25, -0.2) is 0 Å². The maximum Gasteiger partial charge on any atom is 0.269 e. The summed E-state index contributed by atoms with van der Waals surface area (Å²) in [5.74, 6) is 0.720. The van der Waals surface area contributed by atoms with Crippen LogP contribution in [0.25, 0.3) is 0 Å². The van der Waals surface area contributed by atoms with Crippen LogP contribution in [0.15, 0.2) is 18.2 Å². The summed E-state index contributed by atoms with van der Waals surface area (Å²) in [5, 5.41) is 14.0. The van der Waals surface area contributed by atoms with E-state index in [1.807, 2.05) is 7.05 Å². The van der Waals surface area contributed by atoms with E-state index in [0.29, 0.717) is 0 Å². The van der Waals surface area contributed by atoms with Crippen LogP contribution in [0.1, 0.15) is 18.4 Å². The highest BCUT2D eigenvalue weighted by molar-refractivity contribution is 5.45. The average Bonchev–Trinajstić information content (AvgIpc) is 3.09. The first kappa shape index (κ1) is 11.9. The third-order valence-electron chi connectivity index (χ3n) is 3.39. The molecule has 5 heteroatoms. The predicted molar refractivity (Wildman–Crippen MR) is 64.4 cm³/mol. The van der Waals surface area contributed by atoms with Crippen molar-refractivity contribution in [2.45, 2.75) is 24.8 Å². The Labute approximate surface area is 99.9 Å². The Bertz CT molecular complexity index is 441. The molecule has 0 radical (unpaired) electrons. The largest absolute Gasteiger partial charge is 0.496 e. The van der Waals surface area contributed by atoms with E-state index in [9.17, 15) is 10.1 Å². The summed E-state index contributed by atoms with van der Waals surface area (Å²) in [7, 11) is 3.51. The molecule has 92 valence electrons. The van der Waals surface area contributed by atoms with Gasteiger partial charge in [0.05, 0.1) is 12.0 Å². The zero-order valence-corrected chi connectivity index (χ0v) is 10.0. The molecule has 1 aliphatic carbocycles. The number of non-ortho nitro benzene ring substituents is 1. The molecule has 2 rings (SSSR count). The molecule has 0 bridgehead atoms. The summed E-state index contributed by atoms with van der Waals surface area (Å²) >= 11 is 0. The number of nitro groups is 1. The second-order valence-electron chi connectivity index (χ2n) is 4.46. The Kier molecular flexibility index (Phi) is 3.02. The van der Waals surface area contributed by atoms with E-state index in [4.69, 9.17) is 4.74 Å². The molecule has 0 saturated heterocycles. The van der Waals surface area contributed by atoms with E-state index < -0.39 is 0 Å². The quantitative estimate of drug-likeness (QED) is 0.626. The summed E-state index contributed by atoms with van der Waals surface area (Å²) in [5.41, 5.74) is 1.13. The lowest BCUT2D eigenvalue weighted by Gasteiger charge is -2.16. The van der Waals surface area contributed by atoms with Gasteiger partial charge in [-0.15, -0.1) is 0 Å². The van der Waals surface area contributed by atoms with E-state index in [0.717, 1.165) is 30.6 Å². The van der Waals surface area contributed by atoms with Crippen LogP contribution < -0.4 is 10.1 Å². The maximum atomic E-state index is 10.8. The summed E-state index contributed by atoms with van der Waals surface area (Å²) in [6.07, 6.45) is 2.99. The molecule has 1 aromatic carbocycles. The van der Waals surface area contributed by atoms with Crippen molar-refractivity contribution in [1.82, 2.24) is 5.32 Å². The smallest absolute Gasteiger partial charge is 0.269 e. The van der Waals surface area contributed by atoms with Crippen molar-refractivity contribution >= 4 is 5.69 Å². The lowest BCUT2D eigenvalue weighted by atomic mass is 10.0. The van der Waals surface area contributed by atoms with Gasteiger partial charge in [-0.1, -0.05) is 0 Å². The number of hydrogen-bond acceptors (Lipinski definition) is 4. The van der Waals surface area contributed by atoms with Gasteiger partial charge in [-0.05, 0) is 32.4 Å². The molecular weight excluding hydrogens is 220 g/mol. The number of benzene rings is 1. The van der Waals surface area contributed by atoms with Gasteiger partial charge in [-0.2, -0.15) is 0 Å². The van der Waals surface area contributed by atoms with Gasteiger partial charge in [0.15, 0.2) is 0 Å². The zero-order chi connectivity index (χ0) is 12.5. The number of nitrogens with one attached hydrogen (secondary N) is 1. The van der Waals surface area contributed by atoms with Crippen molar-refractivity contribution < 1.29 is 9.66 Å². The Balaban J connectivity index is 2.29. The maximum absolute atomic E-state index is 10.8. The first-order valence-electron chi connectivity index (χ1n) is 5.60. The third kappa shape index (κ3) is 2.39. The fourth-order valence-electron chi connectivity index (χ4n) is 2.05. The molecule has 1 aliphatic rings. The van der Waals surface area contributed by atoms with Gasteiger partial charge in [-0.3, -0.25) is 10.1 Å². The summed E-state index contributed by atoms with van der Waals surface area (Å²) in [6.45, 7) is 0. The van der Waals surface area contributed by atoms with Crippen molar-refractivity contribution in [2.24, 2.45) is 0 Å². The first-order chi connectivity index (χ1) is 8.10. The minimum absolute atomic E-state index is 0.114. The van der Waals surface area contributed by atoms with Gasteiger partial charge >= 0.3 is 0 Å². The van der Waals surface area contributed by atoms with Crippen molar-refractivity contribution in [1.29, 1.82) is 0 Å². The zero-order valence-electron chi connectivity index (χ0n) is 10.0. The normalized spacial score (nSPS) is 16.6. The van der Waals surface area contributed by atoms with Crippen molar-refractivity contribution in [2.75, 3.05) is 14.2 Å². The van der Waals surface area contributed by atoms with Crippen LogP contribution in [-0.2, 0) is 6.42 Å². The highest BCUT2D eigenvalue weighted by Crippen LogP contribution is 2.40. The van der Waals surface area contributed by atoms with E-state index in [1.165, 1.54) is 6.07 Å². The topological polar surface area (TPSA) is 64.4 Å². The molecule has 0 aromatic heterocycles. The van der Waals surface area contributed by atoms with Crippen LogP contribution >= 0.6 is 0 Å². The molecule has 1 N–H and O–H groups in total. The number of methoxy groups -OCH3 is 1. The summed E-state index contributed by atoms with van der Waals surface area (Å²) in [6, 6.07) is 4.75. The minimum atomic E-state index is -0.373. The van der Waals surface area contributed by atoms with E-state index in [-0.39, 0.29) is 16.1 Å². The third-order valence-corrected chi connectivity index (χ3v) is 3.39. The van der Waals surface area contributed by atoms with Crippen LogP contribution in [0.5, 0.6) is 5.75 Å².